The number of esters is 1. The van der Waals surface area contributed by atoms with Crippen molar-refractivity contribution in [3.63, 3.8) is 0 Å². The lowest BCUT2D eigenvalue weighted by Crippen LogP contribution is -2.22. The van der Waals surface area contributed by atoms with E-state index in [-0.39, 0.29) is 0 Å². The largest absolute Gasteiger partial charge is 0.478 e. The Morgan fingerprint density at radius 1 is 1.05 bits per heavy atom. The molecule has 0 aliphatic rings. The first-order chi connectivity index (χ1) is 9.28. The number of ether oxygens (including phenoxy) is 1. The molecule has 1 rings (SSSR count). The molecule has 1 aromatic rings. The minimum absolute atomic E-state index is 0.436. The van der Waals surface area contributed by atoms with Crippen LogP contribution in [0.5, 0.6) is 0 Å². The first kappa shape index (κ1) is 15.7. The highest BCUT2D eigenvalue weighted by molar-refractivity contribution is 5.89. The summed E-state index contributed by atoms with van der Waals surface area (Å²) in [5.74, 6) is -1.45. The second-order valence-corrected chi connectivity index (χ2v) is 5.17. The van der Waals surface area contributed by atoms with Gasteiger partial charge in [-0.15, -0.1) is 0 Å². The maximum absolute atomic E-state index is 11.6. The second-order valence-electron chi connectivity index (χ2n) is 5.17. The Morgan fingerprint density at radius 3 is 2.00 bits per heavy atom. The molecule has 0 saturated heterocycles. The average molecular weight is 274 g/mol. The van der Waals surface area contributed by atoms with Gasteiger partial charge in [0.2, 0.25) is 0 Å². The summed E-state index contributed by atoms with van der Waals surface area (Å²) in [7, 11) is 0. The van der Waals surface area contributed by atoms with E-state index in [0.29, 0.717) is 0 Å². The lowest BCUT2D eigenvalue weighted by atomic mass is 10.1. The van der Waals surface area contributed by atoms with Gasteiger partial charge in [0.15, 0.2) is 0 Å². The van der Waals surface area contributed by atoms with E-state index in [1.165, 1.54) is 12.2 Å². The van der Waals surface area contributed by atoms with Crippen LogP contribution in [-0.4, -0.2) is 22.6 Å². The van der Waals surface area contributed by atoms with Crippen molar-refractivity contribution in [2.75, 3.05) is 0 Å². The molecular weight excluding hydrogens is 256 g/mol. The summed E-state index contributed by atoms with van der Waals surface area (Å²) in [6, 6.07) is 7.18. The number of carboxylic acid groups (broad SMARTS) is 1. The first-order valence-electron chi connectivity index (χ1n) is 6.19. The second kappa shape index (κ2) is 6.70. The maximum atomic E-state index is 11.6. The van der Waals surface area contributed by atoms with Crippen LogP contribution in [0.15, 0.2) is 36.4 Å². The monoisotopic (exact) mass is 274 g/mol. The fourth-order valence-corrected chi connectivity index (χ4v) is 1.47. The molecular formula is C16H18O4. The minimum Gasteiger partial charge on any atom is -0.478 e. The van der Waals surface area contributed by atoms with Crippen LogP contribution < -0.4 is 0 Å². The number of hydrogen-bond acceptors (Lipinski definition) is 3. The first-order valence-corrected chi connectivity index (χ1v) is 6.19. The summed E-state index contributed by atoms with van der Waals surface area (Å²) < 4.78 is 5.16. The Morgan fingerprint density at radius 2 is 1.55 bits per heavy atom. The zero-order chi connectivity index (χ0) is 15.2. The summed E-state index contributed by atoms with van der Waals surface area (Å²) in [5.41, 5.74) is 0.926. The van der Waals surface area contributed by atoms with Crippen molar-refractivity contribution >= 4 is 24.1 Å². The van der Waals surface area contributed by atoms with Gasteiger partial charge in [-0.1, -0.05) is 24.3 Å². The summed E-state index contributed by atoms with van der Waals surface area (Å²) >= 11 is 0. The third-order valence-corrected chi connectivity index (χ3v) is 2.21. The van der Waals surface area contributed by atoms with Crippen LogP contribution >= 0.6 is 0 Å². The summed E-state index contributed by atoms with van der Waals surface area (Å²) in [4.78, 5) is 22.1. The predicted molar refractivity (Wildman–Crippen MR) is 78.0 cm³/mol. The zero-order valence-corrected chi connectivity index (χ0v) is 11.8. The van der Waals surface area contributed by atoms with Gasteiger partial charge >= 0.3 is 11.9 Å². The molecule has 0 heterocycles. The van der Waals surface area contributed by atoms with E-state index in [2.05, 4.69) is 0 Å². The molecule has 0 saturated carbocycles. The zero-order valence-electron chi connectivity index (χ0n) is 11.8. The molecule has 0 atom stereocenters. The highest BCUT2D eigenvalue weighted by atomic mass is 16.6. The summed E-state index contributed by atoms with van der Waals surface area (Å²) in [5, 5.41) is 8.63. The number of carbonyl (C=O) groups is 2. The Balaban J connectivity index is 2.87. The SMILES string of the molecule is CC(C)(C)OC(=O)C=Cc1ccccc1C=CC(=O)O. The summed E-state index contributed by atoms with van der Waals surface area (Å²) in [6.45, 7) is 5.38. The molecule has 0 aliphatic heterocycles. The van der Waals surface area contributed by atoms with E-state index in [0.717, 1.165) is 17.2 Å². The van der Waals surface area contributed by atoms with E-state index in [9.17, 15) is 9.59 Å². The topological polar surface area (TPSA) is 63.6 Å². The fourth-order valence-electron chi connectivity index (χ4n) is 1.47. The normalized spacial score (nSPS) is 11.9. The van der Waals surface area contributed by atoms with Crippen molar-refractivity contribution < 1.29 is 19.4 Å². The molecule has 0 radical (unpaired) electrons. The van der Waals surface area contributed by atoms with Gasteiger partial charge in [0.25, 0.3) is 0 Å². The third-order valence-electron chi connectivity index (χ3n) is 2.21. The molecule has 0 aliphatic carbocycles. The maximum Gasteiger partial charge on any atom is 0.331 e. The van der Waals surface area contributed by atoms with Gasteiger partial charge in [-0.25, -0.2) is 9.59 Å². The van der Waals surface area contributed by atoms with Crippen LogP contribution in [0.4, 0.5) is 0 Å². The van der Waals surface area contributed by atoms with Crippen molar-refractivity contribution in [2.45, 2.75) is 26.4 Å². The smallest absolute Gasteiger partial charge is 0.331 e. The molecule has 1 N–H and O–H groups in total. The van der Waals surface area contributed by atoms with Crippen LogP contribution in [0, 0.1) is 0 Å². The van der Waals surface area contributed by atoms with Crippen molar-refractivity contribution in [1.29, 1.82) is 0 Å². The van der Waals surface area contributed by atoms with Crippen LogP contribution in [0.2, 0.25) is 0 Å². The number of carbonyl (C=O) groups excluding carboxylic acids is 1. The molecule has 20 heavy (non-hydrogen) atoms. The molecule has 1 aromatic carbocycles. The summed E-state index contributed by atoms with van der Waals surface area (Å²) in [6.07, 6.45) is 5.48. The molecule has 0 aromatic heterocycles. The van der Waals surface area contributed by atoms with E-state index in [4.69, 9.17) is 9.84 Å². The Labute approximate surface area is 118 Å². The highest BCUT2D eigenvalue weighted by Crippen LogP contribution is 2.14. The van der Waals surface area contributed by atoms with Gasteiger partial charge in [-0.3, -0.25) is 0 Å². The van der Waals surface area contributed by atoms with Gasteiger partial charge in [0, 0.05) is 12.2 Å². The van der Waals surface area contributed by atoms with Crippen molar-refractivity contribution in [2.24, 2.45) is 0 Å². The van der Waals surface area contributed by atoms with Gasteiger partial charge in [0.05, 0.1) is 0 Å². The standard InChI is InChI=1S/C16H18O4/c1-16(2,3)20-15(19)11-9-13-7-5-4-6-12(13)8-10-14(17)18/h4-11H,1-3H3,(H,17,18). The van der Waals surface area contributed by atoms with E-state index >= 15 is 0 Å². The predicted octanol–water partition coefficient (Wildman–Crippen LogP) is 3.14. The van der Waals surface area contributed by atoms with Crippen LogP contribution in [0.1, 0.15) is 31.9 Å². The third kappa shape index (κ3) is 6.00. The van der Waals surface area contributed by atoms with Crippen LogP contribution in [0.25, 0.3) is 12.2 Å². The van der Waals surface area contributed by atoms with Gasteiger partial charge < -0.3 is 9.84 Å². The van der Waals surface area contributed by atoms with Gasteiger partial charge in [0.1, 0.15) is 5.60 Å². The quantitative estimate of drug-likeness (QED) is 0.676. The fraction of sp³-hybridized carbons (Fsp3) is 0.250. The number of hydrogen-bond donors (Lipinski definition) is 1. The van der Waals surface area contributed by atoms with E-state index < -0.39 is 17.5 Å². The Hall–Kier alpha value is -2.36. The molecule has 0 bridgehead atoms. The number of rotatable bonds is 4. The molecule has 0 fully saturated rings. The van der Waals surface area contributed by atoms with Crippen LogP contribution in [0.3, 0.4) is 0 Å². The Bertz CT molecular complexity index is 548. The number of benzene rings is 1. The molecule has 0 amide bonds. The Kier molecular flexibility index (Phi) is 5.26. The van der Waals surface area contributed by atoms with Gasteiger partial charge in [-0.2, -0.15) is 0 Å². The van der Waals surface area contributed by atoms with Crippen molar-refractivity contribution in [1.82, 2.24) is 0 Å². The number of aliphatic carboxylic acids is 1. The molecule has 4 heteroatoms. The van der Waals surface area contributed by atoms with Crippen LogP contribution in [-0.2, 0) is 14.3 Å². The highest BCUT2D eigenvalue weighted by Gasteiger charge is 2.13. The van der Waals surface area contributed by atoms with Crippen molar-refractivity contribution in [3.05, 3.63) is 47.5 Å². The molecule has 0 spiro atoms. The van der Waals surface area contributed by atoms with E-state index in [1.54, 1.807) is 45.0 Å². The van der Waals surface area contributed by atoms with Gasteiger partial charge in [-0.05, 0) is 44.1 Å². The molecule has 4 nitrogen and oxygen atoms in total. The lowest BCUT2D eigenvalue weighted by Gasteiger charge is -2.17. The lowest BCUT2D eigenvalue weighted by molar-refractivity contribution is -0.148. The van der Waals surface area contributed by atoms with Crippen molar-refractivity contribution in [3.8, 4) is 0 Å². The van der Waals surface area contributed by atoms with E-state index in [1.807, 2.05) is 6.07 Å². The minimum atomic E-state index is -1.02. The number of carboxylic acids is 1. The average Bonchev–Trinajstić information content (AvgIpc) is 2.32. The molecule has 0 unspecified atom stereocenters. The molecule has 106 valence electrons.